The fourth-order valence-electron chi connectivity index (χ4n) is 4.72. The van der Waals surface area contributed by atoms with E-state index in [1.54, 1.807) is 13.8 Å². The number of nitrogens with zero attached hydrogens (tertiary/aromatic N) is 5. The first-order valence-electron chi connectivity index (χ1n) is 11.5. The van der Waals surface area contributed by atoms with E-state index < -0.39 is 23.8 Å². The number of anilines is 1. The lowest BCUT2D eigenvalue weighted by atomic mass is 9.98. The van der Waals surface area contributed by atoms with Gasteiger partial charge in [-0.05, 0) is 39.0 Å². The molecular weight excluding hydrogens is 441 g/mol. The molecule has 0 fully saturated rings. The van der Waals surface area contributed by atoms with Crippen molar-refractivity contribution in [2.45, 2.75) is 39.3 Å². The molecule has 4 heterocycles. The summed E-state index contributed by atoms with van der Waals surface area (Å²) < 4.78 is 43.4. The lowest BCUT2D eigenvalue weighted by Gasteiger charge is -2.25. The van der Waals surface area contributed by atoms with E-state index >= 15 is 0 Å². The predicted octanol–water partition coefficient (Wildman–Crippen LogP) is 4.57. The topological polar surface area (TPSA) is 58.3 Å². The molecule has 0 bridgehead atoms. The molecule has 178 valence electrons. The molecule has 1 aromatic rings. The maximum atomic E-state index is 14.8. The second kappa shape index (κ2) is 8.87. The van der Waals surface area contributed by atoms with E-state index in [4.69, 9.17) is 9.98 Å². The number of aryl methyl sites for hydroxylation is 1. The fourth-order valence-corrected chi connectivity index (χ4v) is 4.72. The van der Waals surface area contributed by atoms with Crippen LogP contribution < -0.4 is 10.8 Å². The van der Waals surface area contributed by atoms with Crippen LogP contribution in [0.15, 0.2) is 35.3 Å². The first kappa shape index (κ1) is 22.6. The van der Waals surface area contributed by atoms with Gasteiger partial charge in [0.1, 0.15) is 23.3 Å². The number of benzene rings is 1. The number of halogens is 3. The largest absolute Gasteiger partial charge is 0.369 e. The first-order valence-corrected chi connectivity index (χ1v) is 11.5. The maximum absolute atomic E-state index is 14.8. The normalized spacial score (nSPS) is 17.7. The van der Waals surface area contributed by atoms with Crippen molar-refractivity contribution in [3.8, 4) is 11.4 Å². The summed E-state index contributed by atoms with van der Waals surface area (Å²) in [5, 5.41) is 3.50. The van der Waals surface area contributed by atoms with Crippen LogP contribution in [0.4, 0.5) is 19.0 Å². The van der Waals surface area contributed by atoms with Gasteiger partial charge in [0.2, 0.25) is 0 Å². The van der Waals surface area contributed by atoms with Gasteiger partial charge in [0.25, 0.3) is 6.43 Å². The second-order valence-corrected chi connectivity index (χ2v) is 8.91. The smallest absolute Gasteiger partial charge is 0.266 e. The predicted molar refractivity (Wildman–Crippen MR) is 125 cm³/mol. The third kappa shape index (κ3) is 3.98. The number of hydrogen-bond acceptors (Lipinski definition) is 5. The van der Waals surface area contributed by atoms with Crippen LogP contribution in [0, 0.1) is 12.7 Å². The molecule has 1 atom stereocenters. The Bertz CT molecular complexity index is 1310. The molecule has 0 saturated heterocycles. The minimum atomic E-state index is -2.88. The zero-order valence-electron chi connectivity index (χ0n) is 19.4. The zero-order valence-corrected chi connectivity index (χ0v) is 19.4. The first-order chi connectivity index (χ1) is 16.3. The zero-order chi connectivity index (χ0) is 24.0. The molecule has 0 aliphatic carbocycles. The highest BCUT2D eigenvalue weighted by Gasteiger charge is 2.26. The SMILES string of the molecule is Cc1nc2n3c(c(C4=CCN(C)CC4)cc-2c(=NC(C)c2cccc(C(F)F)c2F)n1)NCC3. The van der Waals surface area contributed by atoms with Crippen molar-refractivity contribution < 1.29 is 13.2 Å². The molecular formula is C25H27F3N6. The Morgan fingerprint density at radius 1 is 1.12 bits per heavy atom. The molecule has 0 amide bonds. The van der Waals surface area contributed by atoms with E-state index in [1.807, 2.05) is 0 Å². The van der Waals surface area contributed by atoms with E-state index in [9.17, 15) is 13.2 Å². The summed E-state index contributed by atoms with van der Waals surface area (Å²) in [6.45, 7) is 6.91. The molecule has 1 unspecified atom stereocenters. The summed E-state index contributed by atoms with van der Waals surface area (Å²) in [4.78, 5) is 16.2. The van der Waals surface area contributed by atoms with E-state index in [0.29, 0.717) is 11.3 Å². The van der Waals surface area contributed by atoms with Crippen molar-refractivity contribution in [2.75, 3.05) is 32.0 Å². The molecule has 0 radical (unpaired) electrons. The average molecular weight is 469 g/mol. The molecule has 4 aliphatic rings. The third-order valence-electron chi connectivity index (χ3n) is 6.53. The number of rotatable bonds is 4. The molecule has 1 N–H and O–H groups in total. The van der Waals surface area contributed by atoms with Crippen LogP contribution in [0.5, 0.6) is 0 Å². The van der Waals surface area contributed by atoms with Crippen molar-refractivity contribution in [3.63, 3.8) is 0 Å². The molecule has 34 heavy (non-hydrogen) atoms. The monoisotopic (exact) mass is 468 g/mol. The molecule has 0 aromatic heterocycles. The minimum Gasteiger partial charge on any atom is -0.369 e. The number of aromatic nitrogens is 3. The van der Waals surface area contributed by atoms with E-state index in [1.165, 1.54) is 17.7 Å². The number of nitrogens with one attached hydrogen (secondary N) is 1. The minimum absolute atomic E-state index is 0.121. The van der Waals surface area contributed by atoms with Crippen LogP contribution in [-0.4, -0.2) is 46.1 Å². The number of likely N-dealkylation sites (N-methyl/N-ethyl adjacent to an activating group) is 1. The Morgan fingerprint density at radius 2 is 1.91 bits per heavy atom. The van der Waals surface area contributed by atoms with Crippen LogP contribution in [-0.2, 0) is 6.54 Å². The van der Waals surface area contributed by atoms with Gasteiger partial charge in [-0.3, -0.25) is 4.99 Å². The summed E-state index contributed by atoms with van der Waals surface area (Å²) in [7, 11) is 2.10. The van der Waals surface area contributed by atoms with Crippen molar-refractivity contribution in [2.24, 2.45) is 4.99 Å². The van der Waals surface area contributed by atoms with Crippen LogP contribution in [0.2, 0.25) is 0 Å². The summed E-state index contributed by atoms with van der Waals surface area (Å²) in [5.74, 6) is 1.43. The standard InChI is InChI=1S/C25H27F3N6/c1-14(17-5-4-6-18(21(17)26)22(27)28)30-23-20-13-19(16-7-10-33(3)11-8-16)24-29-9-12-34(24)25(20)32-15(2)31-23/h4-7,13-14,22,29H,8-12H2,1-3H3. The van der Waals surface area contributed by atoms with E-state index in [-0.39, 0.29) is 5.56 Å². The van der Waals surface area contributed by atoms with Gasteiger partial charge >= 0.3 is 0 Å². The lowest BCUT2D eigenvalue weighted by Crippen LogP contribution is -2.25. The maximum Gasteiger partial charge on any atom is 0.266 e. The van der Waals surface area contributed by atoms with Crippen molar-refractivity contribution in [1.82, 2.24) is 19.4 Å². The van der Waals surface area contributed by atoms with Gasteiger partial charge in [-0.15, -0.1) is 0 Å². The van der Waals surface area contributed by atoms with Crippen molar-refractivity contribution in [1.29, 1.82) is 0 Å². The van der Waals surface area contributed by atoms with Gasteiger partial charge < -0.3 is 14.8 Å². The third-order valence-corrected chi connectivity index (χ3v) is 6.53. The average Bonchev–Trinajstić information content (AvgIpc) is 3.29. The van der Waals surface area contributed by atoms with Gasteiger partial charge in [0.15, 0.2) is 5.49 Å². The van der Waals surface area contributed by atoms with Gasteiger partial charge in [0, 0.05) is 37.3 Å². The molecule has 0 spiro atoms. The number of pyridine rings is 1. The second-order valence-electron chi connectivity index (χ2n) is 8.91. The molecule has 9 heteroatoms. The Hall–Kier alpha value is -3.20. The Labute approximate surface area is 196 Å². The lowest BCUT2D eigenvalue weighted by molar-refractivity contribution is 0.146. The van der Waals surface area contributed by atoms with Gasteiger partial charge in [-0.25, -0.2) is 23.1 Å². The highest BCUT2D eigenvalue weighted by atomic mass is 19.3. The van der Waals surface area contributed by atoms with Crippen LogP contribution in [0.25, 0.3) is 17.0 Å². The highest BCUT2D eigenvalue weighted by Crippen LogP contribution is 2.36. The molecule has 5 rings (SSSR count). The summed E-state index contributed by atoms with van der Waals surface area (Å²) >= 11 is 0. The molecule has 6 nitrogen and oxygen atoms in total. The summed E-state index contributed by atoms with van der Waals surface area (Å²) in [6, 6.07) is 5.41. The number of fused-ring (bicyclic) bond motifs is 3. The van der Waals surface area contributed by atoms with Crippen LogP contribution in [0.3, 0.4) is 0 Å². The Kier molecular flexibility index (Phi) is 5.89. The van der Waals surface area contributed by atoms with Crippen molar-refractivity contribution in [3.05, 3.63) is 64.2 Å². The number of alkyl halides is 2. The van der Waals surface area contributed by atoms with Gasteiger partial charge in [-0.2, -0.15) is 0 Å². The Balaban J connectivity index is 1.68. The summed E-state index contributed by atoms with van der Waals surface area (Å²) in [6.07, 6.45) is 0.287. The van der Waals surface area contributed by atoms with E-state index in [0.717, 1.165) is 61.4 Å². The molecule has 0 saturated carbocycles. The molecule has 4 aliphatic heterocycles. The summed E-state index contributed by atoms with van der Waals surface area (Å²) in [5.41, 5.74) is 3.07. The molecule has 1 aromatic carbocycles. The Morgan fingerprint density at radius 3 is 2.65 bits per heavy atom. The fraction of sp³-hybridized carbons (Fsp3) is 0.400. The van der Waals surface area contributed by atoms with Crippen LogP contribution in [0.1, 0.15) is 48.3 Å². The highest BCUT2D eigenvalue weighted by molar-refractivity contribution is 5.80. The number of hydrogen-bond donors (Lipinski definition) is 1. The van der Waals surface area contributed by atoms with E-state index in [2.05, 4.69) is 39.0 Å². The van der Waals surface area contributed by atoms with Gasteiger partial charge in [-0.1, -0.05) is 24.3 Å². The van der Waals surface area contributed by atoms with Crippen molar-refractivity contribution >= 4 is 11.4 Å². The van der Waals surface area contributed by atoms with Gasteiger partial charge in [0.05, 0.1) is 17.2 Å². The van der Waals surface area contributed by atoms with Crippen LogP contribution >= 0.6 is 0 Å². The quantitative estimate of drug-likeness (QED) is 0.609.